The SMILES string of the molecule is C1=CNSC=C1.CC(=O)O.O.[Ca+2].[H-].[H-]. The van der Waals surface area contributed by atoms with Crippen molar-refractivity contribution in [2.24, 2.45) is 0 Å². The van der Waals surface area contributed by atoms with E-state index in [1.165, 1.54) is 0 Å². The van der Waals surface area contributed by atoms with Crippen LogP contribution in [0.5, 0.6) is 0 Å². The predicted molar refractivity (Wildman–Crippen MR) is 53.9 cm³/mol. The van der Waals surface area contributed by atoms with Crippen LogP contribution in [-0.4, -0.2) is 54.3 Å². The average Bonchev–Trinajstić information content (AvgIpc) is 1.90. The van der Waals surface area contributed by atoms with E-state index >= 15 is 0 Å². The minimum Gasteiger partial charge on any atom is -1.00 e. The Morgan fingerprint density at radius 2 is 2.08 bits per heavy atom. The molecule has 0 saturated heterocycles. The third-order valence-corrected chi connectivity index (χ3v) is 1.06. The third kappa shape index (κ3) is 22.4. The van der Waals surface area contributed by atoms with Gasteiger partial charge in [0.25, 0.3) is 5.97 Å². The summed E-state index contributed by atoms with van der Waals surface area (Å²) in [6.07, 6.45) is 5.84. The smallest absolute Gasteiger partial charge is 1.00 e. The van der Waals surface area contributed by atoms with Crippen molar-refractivity contribution in [3.05, 3.63) is 23.8 Å². The molecule has 0 atom stereocenters. The Morgan fingerprint density at radius 1 is 1.58 bits per heavy atom. The fourth-order valence-electron chi connectivity index (χ4n) is 0.258. The molecule has 0 aromatic heterocycles. The van der Waals surface area contributed by atoms with Crippen LogP contribution < -0.4 is 4.72 Å². The molecule has 0 bridgehead atoms. The number of carbonyl (C=O) groups is 1. The van der Waals surface area contributed by atoms with Gasteiger partial charge in [0, 0.05) is 13.1 Å². The van der Waals surface area contributed by atoms with Gasteiger partial charge in [-0.2, -0.15) is 0 Å². The zero-order chi connectivity index (χ0) is 7.82. The predicted octanol–water partition coefficient (Wildman–Crippen LogP) is 0.376. The molecule has 1 heterocycles. The number of nitrogens with one attached hydrogen (secondary N) is 1. The molecular weight excluding hydrogens is 206 g/mol. The Bertz CT molecular complexity index is 153. The molecule has 0 aliphatic carbocycles. The molecule has 4 N–H and O–H groups in total. The van der Waals surface area contributed by atoms with E-state index in [9.17, 15) is 0 Å². The normalized spacial score (nSPS) is 10.8. The van der Waals surface area contributed by atoms with E-state index in [1.54, 1.807) is 11.9 Å². The topological polar surface area (TPSA) is 80.8 Å². The number of aliphatic carboxylic acids is 1. The molecule has 1 aliphatic rings. The summed E-state index contributed by atoms with van der Waals surface area (Å²) in [6.45, 7) is 1.08. The molecule has 0 aromatic rings. The first kappa shape index (κ1) is 18.2. The number of carboxylic acid groups (broad SMARTS) is 1. The van der Waals surface area contributed by atoms with Crippen molar-refractivity contribution < 1.29 is 18.2 Å². The average molecular weight is 219 g/mol. The van der Waals surface area contributed by atoms with Crippen LogP contribution in [0.15, 0.2) is 23.8 Å². The summed E-state index contributed by atoms with van der Waals surface area (Å²) in [6, 6.07) is 0. The monoisotopic (exact) mass is 219 g/mol. The summed E-state index contributed by atoms with van der Waals surface area (Å²) in [7, 11) is 0. The van der Waals surface area contributed by atoms with Gasteiger partial charge in [0.2, 0.25) is 0 Å². The molecule has 0 fully saturated rings. The maximum Gasteiger partial charge on any atom is 2.00 e. The van der Waals surface area contributed by atoms with E-state index < -0.39 is 5.97 Å². The summed E-state index contributed by atoms with van der Waals surface area (Å²) in [5, 5.41) is 9.40. The van der Waals surface area contributed by atoms with Crippen molar-refractivity contribution in [3.8, 4) is 0 Å². The maximum atomic E-state index is 9.00. The van der Waals surface area contributed by atoms with Gasteiger partial charge < -0.3 is 18.2 Å². The molecule has 0 radical (unpaired) electrons. The number of carboxylic acids is 1. The Balaban J connectivity index is -0.0000000315. The summed E-state index contributed by atoms with van der Waals surface area (Å²) in [4.78, 5) is 9.00. The molecule has 0 unspecified atom stereocenters. The molecule has 1 aliphatic heterocycles. The Morgan fingerprint density at radius 3 is 2.17 bits per heavy atom. The molecule has 4 nitrogen and oxygen atoms in total. The van der Waals surface area contributed by atoms with Crippen molar-refractivity contribution in [1.29, 1.82) is 0 Å². The quantitative estimate of drug-likeness (QED) is 0.456. The van der Waals surface area contributed by atoms with E-state index in [0.717, 1.165) is 6.92 Å². The molecule has 1 rings (SSSR count). The van der Waals surface area contributed by atoms with Crippen LogP contribution >= 0.6 is 11.9 Å². The van der Waals surface area contributed by atoms with Crippen molar-refractivity contribution in [2.45, 2.75) is 6.92 Å². The number of hydrogen-bond donors (Lipinski definition) is 2. The van der Waals surface area contributed by atoms with Crippen molar-refractivity contribution in [1.82, 2.24) is 4.72 Å². The zero-order valence-corrected chi connectivity index (χ0v) is 9.81. The van der Waals surface area contributed by atoms with Crippen LogP contribution in [0.2, 0.25) is 0 Å². The second-order valence-corrected chi connectivity index (χ2v) is 2.19. The molecule has 6 heteroatoms. The van der Waals surface area contributed by atoms with Gasteiger partial charge in [0.15, 0.2) is 0 Å². The van der Waals surface area contributed by atoms with Gasteiger partial charge in [-0.15, -0.1) is 0 Å². The van der Waals surface area contributed by atoms with Crippen LogP contribution in [-0.2, 0) is 4.79 Å². The van der Waals surface area contributed by atoms with E-state index in [-0.39, 0.29) is 46.1 Å². The van der Waals surface area contributed by atoms with Crippen LogP contribution in [0.1, 0.15) is 9.78 Å². The fourth-order valence-corrected chi connectivity index (χ4v) is 0.663. The summed E-state index contributed by atoms with van der Waals surface area (Å²) in [5.74, 6) is -0.833. The minimum atomic E-state index is -0.833. The first-order valence-corrected chi connectivity index (χ1v) is 3.54. The maximum absolute atomic E-state index is 9.00. The van der Waals surface area contributed by atoms with Crippen molar-refractivity contribution in [3.63, 3.8) is 0 Å². The largest absolute Gasteiger partial charge is 2.00 e. The van der Waals surface area contributed by atoms with Crippen LogP contribution in [0.3, 0.4) is 0 Å². The van der Waals surface area contributed by atoms with E-state index in [4.69, 9.17) is 9.90 Å². The van der Waals surface area contributed by atoms with Gasteiger partial charge in [-0.1, -0.05) is 6.08 Å². The second kappa shape index (κ2) is 13.9. The van der Waals surface area contributed by atoms with Gasteiger partial charge in [-0.3, -0.25) is 4.79 Å². The van der Waals surface area contributed by atoms with E-state index in [2.05, 4.69) is 4.72 Å². The molecule has 0 saturated carbocycles. The molecule has 0 spiro atoms. The van der Waals surface area contributed by atoms with Crippen LogP contribution in [0, 0.1) is 0 Å². The van der Waals surface area contributed by atoms with Gasteiger partial charge in [-0.25, -0.2) is 0 Å². The van der Waals surface area contributed by atoms with Gasteiger partial charge in [-0.05, 0) is 23.4 Å². The molecule has 0 aromatic carbocycles. The molecule has 0 amide bonds. The van der Waals surface area contributed by atoms with Crippen molar-refractivity contribution >= 4 is 55.7 Å². The van der Waals surface area contributed by atoms with Crippen molar-refractivity contribution in [2.75, 3.05) is 0 Å². The molecule has 12 heavy (non-hydrogen) atoms. The van der Waals surface area contributed by atoms with Gasteiger partial charge in [0.1, 0.15) is 0 Å². The molecular formula is C6H13CaNO3S. The standard InChI is InChI=1S/C4H5NS.C2H4O2.Ca.H2O.2H/c1-2-4-6-5-3-1;1-2(3)4;;;;/h1-5H;1H3,(H,3,4);;1H2;;/q;;+2;;2*-1. The number of rotatable bonds is 0. The molecule has 68 valence electrons. The minimum absolute atomic E-state index is 0. The Labute approximate surface area is 109 Å². The summed E-state index contributed by atoms with van der Waals surface area (Å²) < 4.78 is 2.93. The van der Waals surface area contributed by atoms with Crippen LogP contribution in [0.4, 0.5) is 0 Å². The van der Waals surface area contributed by atoms with Gasteiger partial charge in [0.05, 0.1) is 0 Å². The van der Waals surface area contributed by atoms with Crippen LogP contribution in [0.25, 0.3) is 0 Å². The Hall–Kier alpha value is 0.320. The van der Waals surface area contributed by atoms with E-state index in [0.29, 0.717) is 0 Å². The first-order valence-electron chi connectivity index (χ1n) is 2.66. The third-order valence-electron chi connectivity index (χ3n) is 0.490. The summed E-state index contributed by atoms with van der Waals surface area (Å²) >= 11 is 1.58. The van der Waals surface area contributed by atoms with E-state index in [1.807, 2.05) is 23.8 Å². The van der Waals surface area contributed by atoms with Gasteiger partial charge >= 0.3 is 37.7 Å². The number of hydrogen-bond acceptors (Lipinski definition) is 3. The first-order chi connectivity index (χ1) is 4.73. The Kier molecular flexibility index (Phi) is 21.0. The zero-order valence-electron chi connectivity index (χ0n) is 8.78. The second-order valence-electron chi connectivity index (χ2n) is 1.44. The number of allylic oxidation sites excluding steroid dienone is 2. The summed E-state index contributed by atoms with van der Waals surface area (Å²) in [5.41, 5.74) is 0. The fraction of sp³-hybridized carbons (Fsp3) is 0.167.